The standard InChI is InChI=1S/C10H9BrN2O/c1-6-7(2)12-10(13-9(6)11)8-3-4-14-5-8/h3-5H,1-2H3. The third-order valence-corrected chi connectivity index (χ3v) is 2.88. The maximum absolute atomic E-state index is 4.98. The molecule has 14 heavy (non-hydrogen) atoms. The molecular formula is C10H9BrN2O. The van der Waals surface area contributed by atoms with E-state index in [-0.39, 0.29) is 0 Å². The van der Waals surface area contributed by atoms with Crippen LogP contribution in [0.15, 0.2) is 27.6 Å². The minimum absolute atomic E-state index is 0.689. The highest BCUT2D eigenvalue weighted by atomic mass is 79.9. The molecule has 4 heteroatoms. The molecule has 3 nitrogen and oxygen atoms in total. The number of halogens is 1. The van der Waals surface area contributed by atoms with Gasteiger partial charge >= 0.3 is 0 Å². The number of nitrogens with zero attached hydrogens (tertiary/aromatic N) is 2. The number of hydrogen-bond acceptors (Lipinski definition) is 3. The van der Waals surface area contributed by atoms with Crippen LogP contribution in [0.5, 0.6) is 0 Å². The Morgan fingerprint density at radius 3 is 2.64 bits per heavy atom. The third-order valence-electron chi connectivity index (χ3n) is 2.11. The molecule has 0 fully saturated rings. The second kappa shape index (κ2) is 3.53. The zero-order valence-electron chi connectivity index (χ0n) is 7.91. The van der Waals surface area contributed by atoms with Gasteiger partial charge in [0.25, 0.3) is 0 Å². The van der Waals surface area contributed by atoms with Gasteiger partial charge in [0.05, 0.1) is 11.8 Å². The lowest BCUT2D eigenvalue weighted by molar-refractivity contribution is 0.568. The van der Waals surface area contributed by atoms with Gasteiger partial charge in [0.1, 0.15) is 10.9 Å². The topological polar surface area (TPSA) is 38.9 Å². The number of aromatic nitrogens is 2. The van der Waals surface area contributed by atoms with Crippen LogP contribution in [0.3, 0.4) is 0 Å². The summed E-state index contributed by atoms with van der Waals surface area (Å²) in [5, 5.41) is 0. The average Bonchev–Trinajstić information content (AvgIpc) is 2.66. The zero-order valence-corrected chi connectivity index (χ0v) is 9.50. The first-order valence-corrected chi connectivity index (χ1v) is 5.01. The molecule has 0 aliphatic rings. The van der Waals surface area contributed by atoms with Gasteiger partial charge in [0, 0.05) is 11.3 Å². The first-order valence-electron chi connectivity index (χ1n) is 4.22. The highest BCUT2D eigenvalue weighted by Crippen LogP contribution is 2.21. The van der Waals surface area contributed by atoms with Crippen LogP contribution in [0, 0.1) is 13.8 Å². The maximum atomic E-state index is 4.98. The van der Waals surface area contributed by atoms with E-state index in [2.05, 4.69) is 25.9 Å². The van der Waals surface area contributed by atoms with Gasteiger partial charge in [-0.1, -0.05) is 0 Å². The van der Waals surface area contributed by atoms with Crippen LogP contribution in [0.2, 0.25) is 0 Å². The molecule has 72 valence electrons. The number of furan rings is 1. The van der Waals surface area contributed by atoms with Crippen molar-refractivity contribution < 1.29 is 4.42 Å². The van der Waals surface area contributed by atoms with E-state index in [4.69, 9.17) is 4.42 Å². The summed E-state index contributed by atoms with van der Waals surface area (Å²) in [5.74, 6) is 0.689. The van der Waals surface area contributed by atoms with Crippen molar-refractivity contribution in [3.05, 3.63) is 34.5 Å². The predicted octanol–water partition coefficient (Wildman–Crippen LogP) is 3.12. The van der Waals surface area contributed by atoms with E-state index in [1.807, 2.05) is 19.9 Å². The molecule has 0 aliphatic heterocycles. The van der Waals surface area contributed by atoms with Gasteiger partial charge in [-0.05, 0) is 35.8 Å². The van der Waals surface area contributed by atoms with Crippen molar-refractivity contribution in [3.8, 4) is 11.4 Å². The van der Waals surface area contributed by atoms with Gasteiger partial charge in [-0.15, -0.1) is 0 Å². The molecule has 0 radical (unpaired) electrons. The fourth-order valence-corrected chi connectivity index (χ4v) is 1.57. The lowest BCUT2D eigenvalue weighted by atomic mass is 10.2. The quantitative estimate of drug-likeness (QED) is 0.733. The lowest BCUT2D eigenvalue weighted by Gasteiger charge is -2.03. The summed E-state index contributed by atoms with van der Waals surface area (Å²) in [6.07, 6.45) is 3.25. The van der Waals surface area contributed by atoms with Crippen molar-refractivity contribution in [2.75, 3.05) is 0 Å². The first-order chi connectivity index (χ1) is 6.68. The summed E-state index contributed by atoms with van der Waals surface area (Å²) < 4.78 is 5.82. The smallest absolute Gasteiger partial charge is 0.163 e. The normalized spacial score (nSPS) is 10.5. The summed E-state index contributed by atoms with van der Waals surface area (Å²) in [6.45, 7) is 3.95. The van der Waals surface area contributed by atoms with E-state index in [1.165, 1.54) is 0 Å². The summed E-state index contributed by atoms with van der Waals surface area (Å²) >= 11 is 3.40. The molecule has 2 heterocycles. The monoisotopic (exact) mass is 252 g/mol. The minimum Gasteiger partial charge on any atom is -0.472 e. The van der Waals surface area contributed by atoms with Crippen LogP contribution in [0.4, 0.5) is 0 Å². The van der Waals surface area contributed by atoms with Gasteiger partial charge < -0.3 is 4.42 Å². The van der Waals surface area contributed by atoms with Gasteiger partial charge in [0.15, 0.2) is 5.82 Å². The largest absolute Gasteiger partial charge is 0.472 e. The molecule has 0 aromatic carbocycles. The SMILES string of the molecule is Cc1nc(-c2ccoc2)nc(Br)c1C. The Balaban J connectivity index is 2.57. The Bertz CT molecular complexity index is 428. The molecule has 0 N–H and O–H groups in total. The second-order valence-electron chi connectivity index (χ2n) is 3.06. The van der Waals surface area contributed by atoms with Crippen LogP contribution >= 0.6 is 15.9 Å². The van der Waals surface area contributed by atoms with E-state index in [0.717, 1.165) is 21.4 Å². The molecule has 2 aromatic rings. The van der Waals surface area contributed by atoms with Crippen molar-refractivity contribution >= 4 is 15.9 Å². The first kappa shape index (κ1) is 9.40. The molecule has 0 saturated heterocycles. The summed E-state index contributed by atoms with van der Waals surface area (Å²) in [5.41, 5.74) is 2.94. The average molecular weight is 253 g/mol. The number of rotatable bonds is 1. The Morgan fingerprint density at radius 2 is 2.07 bits per heavy atom. The number of aryl methyl sites for hydroxylation is 1. The third kappa shape index (κ3) is 1.57. The van der Waals surface area contributed by atoms with E-state index < -0.39 is 0 Å². The van der Waals surface area contributed by atoms with E-state index in [9.17, 15) is 0 Å². The Labute approximate surface area is 90.3 Å². The minimum atomic E-state index is 0.689. The highest BCUT2D eigenvalue weighted by Gasteiger charge is 2.07. The molecule has 2 rings (SSSR count). The Morgan fingerprint density at radius 1 is 1.29 bits per heavy atom. The fraction of sp³-hybridized carbons (Fsp3) is 0.200. The summed E-state index contributed by atoms with van der Waals surface area (Å²) in [7, 11) is 0. The molecule has 0 saturated carbocycles. The van der Waals surface area contributed by atoms with E-state index in [1.54, 1.807) is 12.5 Å². The lowest BCUT2D eigenvalue weighted by Crippen LogP contribution is -1.95. The van der Waals surface area contributed by atoms with Crippen LogP contribution in [0.25, 0.3) is 11.4 Å². The van der Waals surface area contributed by atoms with Gasteiger partial charge in [-0.25, -0.2) is 9.97 Å². The van der Waals surface area contributed by atoms with Gasteiger partial charge in [-0.3, -0.25) is 0 Å². The van der Waals surface area contributed by atoms with Gasteiger partial charge in [0.2, 0.25) is 0 Å². The summed E-state index contributed by atoms with van der Waals surface area (Å²) in [4.78, 5) is 8.70. The maximum Gasteiger partial charge on any atom is 0.163 e. The zero-order chi connectivity index (χ0) is 10.1. The van der Waals surface area contributed by atoms with E-state index in [0.29, 0.717) is 5.82 Å². The Hall–Kier alpha value is -1.16. The molecular weight excluding hydrogens is 244 g/mol. The van der Waals surface area contributed by atoms with E-state index >= 15 is 0 Å². The van der Waals surface area contributed by atoms with Crippen LogP contribution in [-0.4, -0.2) is 9.97 Å². The molecule has 0 amide bonds. The molecule has 2 aromatic heterocycles. The van der Waals surface area contributed by atoms with Gasteiger partial charge in [-0.2, -0.15) is 0 Å². The predicted molar refractivity (Wildman–Crippen MR) is 56.9 cm³/mol. The van der Waals surface area contributed by atoms with Crippen molar-refractivity contribution in [1.82, 2.24) is 9.97 Å². The van der Waals surface area contributed by atoms with Crippen molar-refractivity contribution in [1.29, 1.82) is 0 Å². The molecule has 0 spiro atoms. The molecule has 0 atom stereocenters. The van der Waals surface area contributed by atoms with Crippen molar-refractivity contribution in [2.45, 2.75) is 13.8 Å². The summed E-state index contributed by atoms with van der Waals surface area (Å²) in [6, 6.07) is 1.84. The molecule has 0 aliphatic carbocycles. The van der Waals surface area contributed by atoms with Crippen molar-refractivity contribution in [2.24, 2.45) is 0 Å². The fourth-order valence-electron chi connectivity index (χ4n) is 1.11. The molecule has 0 bridgehead atoms. The van der Waals surface area contributed by atoms with Crippen molar-refractivity contribution in [3.63, 3.8) is 0 Å². The second-order valence-corrected chi connectivity index (χ2v) is 3.81. The van der Waals surface area contributed by atoms with Crippen LogP contribution < -0.4 is 0 Å². The number of hydrogen-bond donors (Lipinski definition) is 0. The Kier molecular flexibility index (Phi) is 2.37. The highest BCUT2D eigenvalue weighted by molar-refractivity contribution is 9.10. The van der Waals surface area contributed by atoms with Crippen LogP contribution in [0.1, 0.15) is 11.3 Å². The van der Waals surface area contributed by atoms with Crippen LogP contribution in [-0.2, 0) is 0 Å². The molecule has 0 unspecified atom stereocenters.